The number of ether oxygens (including phenoxy) is 1. The van der Waals surface area contributed by atoms with Crippen LogP contribution in [0.4, 0.5) is 0 Å². The molecule has 0 radical (unpaired) electrons. The first-order chi connectivity index (χ1) is 14.0. The number of benzene rings is 2. The molecule has 148 valence electrons. The number of fused-ring (bicyclic) bond motifs is 2. The molecular formula is C21H16BrNO6. The fraction of sp³-hybridized carbons (Fsp3) is 0.190. The molecule has 1 aliphatic rings. The number of β-amino-alcohol motifs (C(OH)–C–C–N with tert-alkyl or cyclic N) is 1. The number of rotatable bonds is 4. The lowest BCUT2D eigenvalue weighted by Crippen LogP contribution is -2.32. The smallest absolute Gasteiger partial charge is 0.337 e. The first-order valence-corrected chi connectivity index (χ1v) is 9.62. The van der Waals surface area contributed by atoms with Crippen molar-refractivity contribution >= 4 is 38.8 Å². The standard InChI is InChI=1S/C21H16BrNO6/c1-28-21(27)12-4-2-11(3-5-12)17-16-18(25)14-10-13(22)6-7-15(14)29-19(16)20(26)23(17)8-9-24/h2-7,10,17,24H,8-9H2,1H3. The van der Waals surface area contributed by atoms with E-state index in [-0.39, 0.29) is 29.9 Å². The SMILES string of the molecule is COC(=O)c1ccc(C2c3c(oc4ccc(Br)cc4c3=O)C(=O)N2CCO)cc1. The molecule has 3 aromatic rings. The average Bonchev–Trinajstić information content (AvgIpc) is 3.01. The molecule has 1 aromatic heterocycles. The predicted octanol–water partition coefficient (Wildman–Crippen LogP) is 2.88. The van der Waals surface area contributed by atoms with Gasteiger partial charge in [-0.1, -0.05) is 28.1 Å². The molecule has 1 unspecified atom stereocenters. The summed E-state index contributed by atoms with van der Waals surface area (Å²) in [5.41, 5.74) is 1.21. The van der Waals surface area contributed by atoms with Crippen molar-refractivity contribution in [3.05, 3.63) is 79.6 Å². The second kappa shape index (κ2) is 7.46. The Morgan fingerprint density at radius 1 is 1.21 bits per heavy atom. The van der Waals surface area contributed by atoms with E-state index in [0.29, 0.717) is 26.6 Å². The molecule has 29 heavy (non-hydrogen) atoms. The molecule has 2 aromatic carbocycles. The maximum atomic E-state index is 13.3. The van der Waals surface area contributed by atoms with Crippen LogP contribution in [0.2, 0.25) is 0 Å². The maximum absolute atomic E-state index is 13.3. The van der Waals surface area contributed by atoms with Crippen molar-refractivity contribution in [2.45, 2.75) is 6.04 Å². The van der Waals surface area contributed by atoms with Crippen LogP contribution in [0.3, 0.4) is 0 Å². The van der Waals surface area contributed by atoms with E-state index >= 15 is 0 Å². The zero-order valence-electron chi connectivity index (χ0n) is 15.3. The minimum atomic E-state index is -0.726. The molecule has 1 aliphatic heterocycles. The lowest BCUT2D eigenvalue weighted by Gasteiger charge is -2.24. The van der Waals surface area contributed by atoms with Gasteiger partial charge in [0, 0.05) is 11.0 Å². The quantitative estimate of drug-likeness (QED) is 0.604. The summed E-state index contributed by atoms with van der Waals surface area (Å²) in [5.74, 6) is -0.972. The van der Waals surface area contributed by atoms with Gasteiger partial charge in [0.15, 0.2) is 5.43 Å². The Kier molecular flexibility index (Phi) is 4.97. The van der Waals surface area contributed by atoms with E-state index < -0.39 is 17.9 Å². The number of nitrogens with zero attached hydrogens (tertiary/aromatic N) is 1. The van der Waals surface area contributed by atoms with Crippen LogP contribution in [-0.4, -0.2) is 42.1 Å². The van der Waals surface area contributed by atoms with Crippen molar-refractivity contribution in [2.75, 3.05) is 20.3 Å². The zero-order valence-corrected chi connectivity index (χ0v) is 16.9. The Bertz CT molecular complexity index is 1180. The topological polar surface area (TPSA) is 97.0 Å². The van der Waals surface area contributed by atoms with Crippen molar-refractivity contribution < 1.29 is 23.8 Å². The van der Waals surface area contributed by atoms with Gasteiger partial charge >= 0.3 is 5.97 Å². The Morgan fingerprint density at radius 3 is 2.59 bits per heavy atom. The monoisotopic (exact) mass is 457 g/mol. The van der Waals surface area contributed by atoms with Crippen LogP contribution >= 0.6 is 15.9 Å². The molecule has 0 bridgehead atoms. The summed E-state index contributed by atoms with van der Waals surface area (Å²) in [6.45, 7) is -0.234. The molecule has 1 amide bonds. The Labute approximate surface area is 173 Å². The molecule has 0 spiro atoms. The molecule has 0 aliphatic carbocycles. The van der Waals surface area contributed by atoms with Crippen LogP contribution < -0.4 is 5.43 Å². The van der Waals surface area contributed by atoms with Crippen molar-refractivity contribution in [1.82, 2.24) is 4.90 Å². The van der Waals surface area contributed by atoms with E-state index in [4.69, 9.17) is 9.15 Å². The number of carbonyl (C=O) groups is 2. The van der Waals surface area contributed by atoms with E-state index in [9.17, 15) is 19.5 Å². The van der Waals surface area contributed by atoms with Gasteiger partial charge in [-0.25, -0.2) is 4.79 Å². The Hall–Kier alpha value is -2.97. The molecule has 7 nitrogen and oxygen atoms in total. The van der Waals surface area contributed by atoms with Crippen LogP contribution in [0.15, 0.2) is 56.1 Å². The second-order valence-corrected chi connectivity index (χ2v) is 7.47. The third-order valence-corrected chi connectivity index (χ3v) is 5.41. The number of methoxy groups -OCH3 is 1. The van der Waals surface area contributed by atoms with Crippen LogP contribution in [0, 0.1) is 0 Å². The average molecular weight is 458 g/mol. The van der Waals surface area contributed by atoms with Crippen molar-refractivity contribution in [2.24, 2.45) is 0 Å². The van der Waals surface area contributed by atoms with Gasteiger partial charge in [-0.3, -0.25) is 9.59 Å². The molecule has 1 N–H and O–H groups in total. The van der Waals surface area contributed by atoms with E-state index in [0.717, 1.165) is 0 Å². The molecule has 0 saturated carbocycles. The molecule has 4 rings (SSSR count). The molecule has 8 heteroatoms. The van der Waals surface area contributed by atoms with E-state index in [1.807, 2.05) is 0 Å². The lowest BCUT2D eigenvalue weighted by atomic mass is 9.97. The number of carbonyl (C=O) groups excluding carboxylic acids is 2. The summed E-state index contributed by atoms with van der Waals surface area (Å²) in [7, 11) is 1.29. The number of esters is 1. The fourth-order valence-corrected chi connectivity index (χ4v) is 3.96. The molecule has 0 saturated heterocycles. The minimum Gasteiger partial charge on any atom is -0.465 e. The van der Waals surface area contributed by atoms with Crippen molar-refractivity contribution in [3.8, 4) is 0 Å². The van der Waals surface area contributed by atoms with Crippen LogP contribution in [0.5, 0.6) is 0 Å². The van der Waals surface area contributed by atoms with Gasteiger partial charge in [0.25, 0.3) is 5.91 Å². The summed E-state index contributed by atoms with van der Waals surface area (Å²) in [4.78, 5) is 39.3. The maximum Gasteiger partial charge on any atom is 0.337 e. The van der Waals surface area contributed by atoms with Gasteiger partial charge in [-0.15, -0.1) is 0 Å². The zero-order chi connectivity index (χ0) is 20.7. The highest BCUT2D eigenvalue weighted by atomic mass is 79.9. The summed E-state index contributed by atoms with van der Waals surface area (Å²) in [5, 5.41) is 9.82. The van der Waals surface area contributed by atoms with Gasteiger partial charge in [0.2, 0.25) is 5.76 Å². The summed E-state index contributed by atoms with van der Waals surface area (Å²) in [6, 6.07) is 10.7. The second-order valence-electron chi connectivity index (χ2n) is 6.55. The van der Waals surface area contributed by atoms with E-state index in [2.05, 4.69) is 15.9 Å². The minimum absolute atomic E-state index is 0.0275. The number of amides is 1. The third-order valence-electron chi connectivity index (χ3n) is 4.92. The highest BCUT2D eigenvalue weighted by molar-refractivity contribution is 9.10. The molecule has 0 fully saturated rings. The van der Waals surface area contributed by atoms with Crippen LogP contribution in [-0.2, 0) is 4.74 Å². The number of hydrogen-bond acceptors (Lipinski definition) is 6. The van der Waals surface area contributed by atoms with Crippen molar-refractivity contribution in [3.63, 3.8) is 0 Å². The van der Waals surface area contributed by atoms with E-state index in [1.165, 1.54) is 12.0 Å². The van der Waals surface area contributed by atoms with E-state index in [1.54, 1.807) is 42.5 Å². The number of aliphatic hydroxyl groups excluding tert-OH is 1. The lowest BCUT2D eigenvalue weighted by molar-refractivity contribution is 0.0599. The van der Waals surface area contributed by atoms with Gasteiger partial charge in [0.1, 0.15) is 5.58 Å². The number of halogens is 1. The first kappa shape index (κ1) is 19.4. The summed E-state index contributed by atoms with van der Waals surface area (Å²) < 4.78 is 11.2. The van der Waals surface area contributed by atoms with Gasteiger partial charge in [0.05, 0.1) is 36.3 Å². The van der Waals surface area contributed by atoms with Crippen LogP contribution in [0.25, 0.3) is 11.0 Å². The first-order valence-electron chi connectivity index (χ1n) is 8.82. The Morgan fingerprint density at radius 2 is 1.93 bits per heavy atom. The normalized spacial score (nSPS) is 15.6. The highest BCUT2D eigenvalue weighted by Crippen LogP contribution is 2.38. The summed E-state index contributed by atoms with van der Waals surface area (Å²) >= 11 is 3.35. The predicted molar refractivity (Wildman–Crippen MR) is 108 cm³/mol. The summed E-state index contributed by atoms with van der Waals surface area (Å²) in [6.07, 6.45) is 0. The Balaban J connectivity index is 1.92. The molecule has 2 heterocycles. The molecular weight excluding hydrogens is 442 g/mol. The molecule has 1 atom stereocenters. The fourth-order valence-electron chi connectivity index (χ4n) is 3.60. The third kappa shape index (κ3) is 3.14. The van der Waals surface area contributed by atoms with Crippen molar-refractivity contribution in [1.29, 1.82) is 0 Å². The van der Waals surface area contributed by atoms with Gasteiger partial charge < -0.3 is 19.2 Å². The van der Waals surface area contributed by atoms with Gasteiger partial charge in [-0.05, 0) is 35.9 Å². The van der Waals surface area contributed by atoms with Gasteiger partial charge in [-0.2, -0.15) is 0 Å². The highest BCUT2D eigenvalue weighted by Gasteiger charge is 2.42. The largest absolute Gasteiger partial charge is 0.465 e. The number of hydrogen-bond donors (Lipinski definition) is 1. The number of aliphatic hydroxyl groups is 1. The van der Waals surface area contributed by atoms with Crippen LogP contribution in [0.1, 0.15) is 38.1 Å².